The van der Waals surface area contributed by atoms with Gasteiger partial charge in [0.05, 0.1) is 11.9 Å². The number of nitrogens with zero attached hydrogens (tertiary/aromatic N) is 1. The minimum absolute atomic E-state index is 0.359. The number of hydrogen-bond acceptors (Lipinski definition) is 2. The maximum atomic E-state index is 4.59. The summed E-state index contributed by atoms with van der Waals surface area (Å²) < 4.78 is 0. The van der Waals surface area contributed by atoms with Crippen LogP contribution < -0.4 is 5.32 Å². The molecule has 0 saturated carbocycles. The molecule has 2 N–H and O–H groups in total. The molecule has 1 saturated heterocycles. The summed E-state index contributed by atoms with van der Waals surface area (Å²) >= 11 is 0. The van der Waals surface area contributed by atoms with Crippen LogP contribution in [-0.2, 0) is 0 Å². The van der Waals surface area contributed by atoms with Gasteiger partial charge in [0.25, 0.3) is 0 Å². The van der Waals surface area contributed by atoms with Gasteiger partial charge in [-0.05, 0) is 103 Å². The van der Waals surface area contributed by atoms with Crippen molar-refractivity contribution in [1.82, 2.24) is 15.5 Å². The van der Waals surface area contributed by atoms with E-state index in [1.54, 1.807) is 5.57 Å². The first-order valence-electron chi connectivity index (χ1n) is 15.1. The molecule has 2 heterocycles. The lowest BCUT2D eigenvalue weighted by Crippen LogP contribution is -2.35. The zero-order valence-corrected chi connectivity index (χ0v) is 24.5. The van der Waals surface area contributed by atoms with Gasteiger partial charge in [-0.2, -0.15) is 5.10 Å². The Morgan fingerprint density at radius 2 is 2.03 bits per heavy atom. The van der Waals surface area contributed by atoms with Gasteiger partial charge in [0.2, 0.25) is 0 Å². The number of aromatic amines is 1. The van der Waals surface area contributed by atoms with E-state index in [-0.39, 0.29) is 0 Å². The minimum Gasteiger partial charge on any atom is -0.306 e. The molecule has 0 aromatic carbocycles. The molecule has 3 rings (SSSR count). The Kier molecular flexibility index (Phi) is 11.7. The number of allylic oxidation sites excluding steroid dienone is 5. The number of H-pyrrole nitrogens is 1. The molecule has 3 heteroatoms. The first kappa shape index (κ1) is 29.5. The van der Waals surface area contributed by atoms with Gasteiger partial charge in [-0.3, -0.25) is 5.10 Å². The zero-order valence-electron chi connectivity index (χ0n) is 24.5. The van der Waals surface area contributed by atoms with Crippen LogP contribution in [0, 0.1) is 17.8 Å². The van der Waals surface area contributed by atoms with Gasteiger partial charge in [0, 0.05) is 29.1 Å². The molecule has 1 fully saturated rings. The van der Waals surface area contributed by atoms with E-state index in [9.17, 15) is 0 Å². The molecule has 37 heavy (non-hydrogen) atoms. The fourth-order valence-electron chi connectivity index (χ4n) is 6.26. The van der Waals surface area contributed by atoms with Crippen LogP contribution in [0.3, 0.4) is 0 Å². The number of rotatable bonds is 13. The lowest BCUT2D eigenvalue weighted by Gasteiger charge is -2.28. The maximum Gasteiger partial charge on any atom is 0.0603 e. The van der Waals surface area contributed by atoms with Crippen LogP contribution in [0.1, 0.15) is 129 Å². The van der Waals surface area contributed by atoms with Crippen molar-refractivity contribution in [2.45, 2.75) is 124 Å². The third-order valence-electron chi connectivity index (χ3n) is 9.07. The Morgan fingerprint density at radius 1 is 1.22 bits per heavy atom. The summed E-state index contributed by atoms with van der Waals surface area (Å²) in [5, 5.41) is 11.5. The predicted molar refractivity (Wildman–Crippen MR) is 160 cm³/mol. The van der Waals surface area contributed by atoms with Crippen molar-refractivity contribution in [3.63, 3.8) is 0 Å². The predicted octanol–water partition coefficient (Wildman–Crippen LogP) is 9.64. The van der Waals surface area contributed by atoms with E-state index in [0.29, 0.717) is 29.8 Å². The third-order valence-corrected chi connectivity index (χ3v) is 9.07. The van der Waals surface area contributed by atoms with Crippen LogP contribution in [0.25, 0.3) is 5.57 Å². The van der Waals surface area contributed by atoms with Crippen LogP contribution >= 0.6 is 0 Å². The Balaban J connectivity index is 1.68. The average Bonchev–Trinajstić information content (AvgIpc) is 3.32. The molecule has 1 aromatic rings. The minimum atomic E-state index is 0.359. The van der Waals surface area contributed by atoms with Crippen molar-refractivity contribution < 1.29 is 0 Å². The van der Waals surface area contributed by atoms with Crippen molar-refractivity contribution in [3.05, 3.63) is 65.2 Å². The standard InChI is InChI=1S/C34H53N3/c1-8-11-14-29(24(4)9-2)18-16-25(5)28(10-3)22-31-21-20-30(19-17-26(31)6)32-23-35-37-34(32)33-15-12-13-27(7)36-33/h9,21,23,27-29,31,33,36H,5-6,8,10-19,22H2,1-4,7H3,(H,35,37)/b24-9-/t27?,28?,29-,31?,33?/m0/s1. The number of nitrogens with one attached hydrogen (secondary N) is 2. The van der Waals surface area contributed by atoms with Crippen molar-refractivity contribution in [1.29, 1.82) is 0 Å². The van der Waals surface area contributed by atoms with Crippen molar-refractivity contribution >= 4 is 5.57 Å². The summed E-state index contributed by atoms with van der Waals surface area (Å²) in [5.41, 5.74) is 11.8. The van der Waals surface area contributed by atoms with E-state index in [1.165, 1.54) is 72.9 Å². The van der Waals surface area contributed by atoms with E-state index < -0.39 is 0 Å². The molecule has 204 valence electrons. The van der Waals surface area contributed by atoms with Gasteiger partial charge in [0.15, 0.2) is 0 Å². The maximum absolute atomic E-state index is 4.59. The second kappa shape index (κ2) is 14.7. The normalized spacial score (nSPS) is 24.5. The van der Waals surface area contributed by atoms with E-state index in [1.807, 2.05) is 6.20 Å². The van der Waals surface area contributed by atoms with E-state index in [4.69, 9.17) is 0 Å². The first-order chi connectivity index (χ1) is 17.9. The van der Waals surface area contributed by atoms with E-state index >= 15 is 0 Å². The van der Waals surface area contributed by atoms with Crippen LogP contribution in [0.15, 0.2) is 54.0 Å². The fraction of sp³-hybridized carbons (Fsp3) is 0.647. The molecule has 0 spiro atoms. The molecule has 4 unspecified atom stereocenters. The smallest absolute Gasteiger partial charge is 0.0603 e. The molecule has 1 aliphatic carbocycles. The summed E-state index contributed by atoms with van der Waals surface area (Å²) in [5.74, 6) is 1.61. The first-order valence-corrected chi connectivity index (χ1v) is 15.1. The van der Waals surface area contributed by atoms with Crippen molar-refractivity contribution in [2.24, 2.45) is 17.8 Å². The molecule has 0 bridgehead atoms. The quantitative estimate of drug-likeness (QED) is 0.208. The third kappa shape index (κ3) is 8.20. The largest absolute Gasteiger partial charge is 0.306 e. The van der Waals surface area contributed by atoms with Gasteiger partial charge in [-0.25, -0.2) is 0 Å². The van der Waals surface area contributed by atoms with Crippen LogP contribution in [-0.4, -0.2) is 16.2 Å². The van der Waals surface area contributed by atoms with Crippen molar-refractivity contribution in [3.8, 4) is 0 Å². The lowest BCUT2D eigenvalue weighted by molar-refractivity contribution is 0.336. The molecule has 1 aromatic heterocycles. The Labute approximate surface area is 227 Å². The fourth-order valence-corrected chi connectivity index (χ4v) is 6.26. The highest BCUT2D eigenvalue weighted by Gasteiger charge is 2.26. The molecule has 0 amide bonds. The summed E-state index contributed by atoms with van der Waals surface area (Å²) in [7, 11) is 0. The number of hydrogen-bond donors (Lipinski definition) is 2. The SMILES string of the molecule is C=C1CCC(c2cn[nH]c2C2CCCC(C)N2)=C=CC1CC(CC)C(=C)CC[C@H](CCCC)/C(C)=C\C. The monoisotopic (exact) mass is 503 g/mol. The topological polar surface area (TPSA) is 40.7 Å². The number of unbranched alkanes of at least 4 members (excludes halogenated alkanes) is 1. The van der Waals surface area contributed by atoms with Crippen LogP contribution in [0.2, 0.25) is 0 Å². The summed E-state index contributed by atoms with van der Waals surface area (Å²) in [4.78, 5) is 0. The molecule has 1 aliphatic heterocycles. The average molecular weight is 504 g/mol. The Bertz CT molecular complexity index is 986. The molecular weight excluding hydrogens is 450 g/mol. The summed E-state index contributed by atoms with van der Waals surface area (Å²) in [6.45, 7) is 20.5. The highest BCUT2D eigenvalue weighted by atomic mass is 15.1. The van der Waals surface area contributed by atoms with Gasteiger partial charge in [0.1, 0.15) is 0 Å². The highest BCUT2D eigenvalue weighted by Crippen LogP contribution is 2.37. The van der Waals surface area contributed by atoms with E-state index in [0.717, 1.165) is 32.1 Å². The van der Waals surface area contributed by atoms with Gasteiger partial charge < -0.3 is 5.32 Å². The molecule has 3 nitrogen and oxygen atoms in total. The summed E-state index contributed by atoms with van der Waals surface area (Å²) in [6.07, 6.45) is 20.8. The number of aromatic nitrogens is 2. The van der Waals surface area contributed by atoms with Crippen LogP contribution in [0.5, 0.6) is 0 Å². The highest BCUT2D eigenvalue weighted by molar-refractivity contribution is 5.67. The van der Waals surface area contributed by atoms with Gasteiger partial charge in [-0.1, -0.05) is 62.6 Å². The molecule has 0 radical (unpaired) electrons. The summed E-state index contributed by atoms with van der Waals surface area (Å²) in [6, 6.07) is 0.915. The molecule has 5 atom stereocenters. The second-order valence-corrected chi connectivity index (χ2v) is 11.7. The van der Waals surface area contributed by atoms with Crippen molar-refractivity contribution in [2.75, 3.05) is 0 Å². The molecular formula is C34H53N3. The van der Waals surface area contributed by atoms with E-state index in [2.05, 4.69) is 81.2 Å². The lowest BCUT2D eigenvalue weighted by atomic mass is 9.80. The zero-order chi connectivity index (χ0) is 26.8. The van der Waals surface area contributed by atoms with Gasteiger partial charge >= 0.3 is 0 Å². The Hall–Kier alpha value is -2.09. The molecule has 2 aliphatic rings. The number of piperidine rings is 1. The van der Waals surface area contributed by atoms with Crippen LogP contribution in [0.4, 0.5) is 0 Å². The van der Waals surface area contributed by atoms with Gasteiger partial charge in [-0.15, -0.1) is 5.73 Å². The Morgan fingerprint density at radius 3 is 2.73 bits per heavy atom. The second-order valence-electron chi connectivity index (χ2n) is 11.7.